The van der Waals surface area contributed by atoms with Crippen molar-refractivity contribution in [3.05, 3.63) is 21.9 Å². The summed E-state index contributed by atoms with van der Waals surface area (Å²) in [7, 11) is 1.28. The molecule has 1 unspecified atom stereocenters. The highest BCUT2D eigenvalue weighted by atomic mass is 32.1. The van der Waals surface area contributed by atoms with Gasteiger partial charge in [0, 0.05) is 5.56 Å². The van der Waals surface area contributed by atoms with Gasteiger partial charge in [-0.3, -0.25) is 0 Å². The first-order chi connectivity index (χ1) is 6.70. The van der Waals surface area contributed by atoms with Crippen molar-refractivity contribution in [1.82, 2.24) is 0 Å². The summed E-state index contributed by atoms with van der Waals surface area (Å²) in [5, 5.41) is 1.67. The van der Waals surface area contributed by atoms with Crippen LogP contribution in [0.5, 0.6) is 0 Å². The maximum Gasteiger partial charge on any atom is 0.348 e. The molecule has 0 aliphatic heterocycles. The summed E-state index contributed by atoms with van der Waals surface area (Å²) >= 11 is 1.18. The molecule has 0 saturated carbocycles. The van der Waals surface area contributed by atoms with Crippen LogP contribution in [0.15, 0.2) is 11.4 Å². The van der Waals surface area contributed by atoms with E-state index in [9.17, 15) is 9.18 Å². The summed E-state index contributed by atoms with van der Waals surface area (Å²) in [5.74, 6) is -0.491. The molecule has 3 nitrogen and oxygen atoms in total. The van der Waals surface area contributed by atoms with Crippen LogP contribution in [-0.4, -0.2) is 19.6 Å². The lowest BCUT2D eigenvalue weighted by Crippen LogP contribution is -2.07. The Bertz CT molecular complexity index is 314. The largest absolute Gasteiger partial charge is 0.465 e. The van der Waals surface area contributed by atoms with E-state index in [1.807, 2.05) is 0 Å². The van der Waals surface area contributed by atoms with Crippen LogP contribution >= 0.6 is 11.3 Å². The number of nitrogens with two attached hydrogens (primary N) is 1. The average molecular weight is 217 g/mol. The zero-order chi connectivity index (χ0) is 10.6. The molecule has 2 N–H and O–H groups in total. The van der Waals surface area contributed by atoms with E-state index in [1.54, 1.807) is 11.4 Å². The molecule has 78 valence electrons. The molecule has 0 fully saturated rings. The van der Waals surface area contributed by atoms with Gasteiger partial charge in [0.05, 0.1) is 7.11 Å². The second-order valence-electron chi connectivity index (χ2n) is 2.74. The highest BCUT2D eigenvalue weighted by molar-refractivity contribution is 7.12. The molecule has 0 bridgehead atoms. The molecule has 1 rings (SSSR count). The van der Waals surface area contributed by atoms with Crippen molar-refractivity contribution in [2.75, 3.05) is 13.7 Å². The lowest BCUT2D eigenvalue weighted by atomic mass is 10.1. The summed E-state index contributed by atoms with van der Waals surface area (Å²) in [6.45, 7) is 0.262. The minimum absolute atomic E-state index is 0.223. The lowest BCUT2D eigenvalue weighted by Gasteiger charge is -2.06. The Morgan fingerprint density at radius 1 is 1.79 bits per heavy atom. The molecule has 5 heteroatoms. The van der Waals surface area contributed by atoms with Crippen molar-refractivity contribution in [3.8, 4) is 0 Å². The topological polar surface area (TPSA) is 52.3 Å². The summed E-state index contributed by atoms with van der Waals surface area (Å²) < 4.78 is 18.0. The van der Waals surface area contributed by atoms with E-state index in [2.05, 4.69) is 4.74 Å². The third-order valence-corrected chi connectivity index (χ3v) is 2.73. The summed E-state index contributed by atoms with van der Waals surface area (Å²) in [6.07, 6.45) is -0.957. The predicted octanol–water partition coefficient (Wildman–Crippen LogP) is 1.89. The molecule has 0 spiro atoms. The molecule has 0 saturated heterocycles. The fourth-order valence-electron chi connectivity index (χ4n) is 1.13. The molecule has 1 aromatic rings. The van der Waals surface area contributed by atoms with E-state index in [4.69, 9.17) is 5.73 Å². The number of carbonyl (C=O) groups excluding carboxylic acids is 1. The van der Waals surface area contributed by atoms with Crippen LogP contribution in [0.2, 0.25) is 0 Å². The van der Waals surface area contributed by atoms with Crippen molar-refractivity contribution in [2.45, 2.75) is 12.6 Å². The highest BCUT2D eigenvalue weighted by Gasteiger charge is 2.20. The number of ether oxygens (including phenoxy) is 1. The summed E-state index contributed by atoms with van der Waals surface area (Å²) in [4.78, 5) is 11.5. The van der Waals surface area contributed by atoms with Crippen molar-refractivity contribution >= 4 is 17.3 Å². The lowest BCUT2D eigenvalue weighted by molar-refractivity contribution is 0.0603. The van der Waals surface area contributed by atoms with Gasteiger partial charge in [0.2, 0.25) is 0 Å². The Balaban J connectivity index is 2.86. The molecule has 0 radical (unpaired) electrons. The Hall–Kier alpha value is -0.940. The molecular weight excluding hydrogens is 205 g/mol. The van der Waals surface area contributed by atoms with Gasteiger partial charge in [-0.15, -0.1) is 11.3 Å². The van der Waals surface area contributed by atoms with E-state index >= 15 is 0 Å². The van der Waals surface area contributed by atoms with Gasteiger partial charge >= 0.3 is 5.97 Å². The standard InChI is InChI=1S/C9H12FNO2S/c1-13-9(12)8-6(3-5-14-8)7(10)2-4-11/h3,5,7H,2,4,11H2,1H3. The minimum atomic E-state index is -1.18. The number of hydrogen-bond donors (Lipinski definition) is 1. The first-order valence-corrected chi connectivity index (χ1v) is 5.08. The molecule has 14 heavy (non-hydrogen) atoms. The molecule has 0 aliphatic carbocycles. The van der Waals surface area contributed by atoms with Crippen LogP contribution in [0.25, 0.3) is 0 Å². The van der Waals surface area contributed by atoms with Crippen molar-refractivity contribution < 1.29 is 13.9 Å². The van der Waals surface area contributed by atoms with Gasteiger partial charge < -0.3 is 10.5 Å². The number of hydrogen-bond acceptors (Lipinski definition) is 4. The molecule has 1 heterocycles. The number of carbonyl (C=O) groups is 1. The minimum Gasteiger partial charge on any atom is -0.465 e. The zero-order valence-corrected chi connectivity index (χ0v) is 8.64. The molecule has 0 amide bonds. The average Bonchev–Trinajstić information content (AvgIpc) is 2.65. The van der Waals surface area contributed by atoms with E-state index in [-0.39, 0.29) is 13.0 Å². The SMILES string of the molecule is COC(=O)c1sccc1C(F)CCN. The smallest absolute Gasteiger partial charge is 0.348 e. The van der Waals surface area contributed by atoms with Gasteiger partial charge in [-0.25, -0.2) is 9.18 Å². The number of alkyl halides is 1. The van der Waals surface area contributed by atoms with Crippen LogP contribution in [0.1, 0.15) is 27.8 Å². The first-order valence-electron chi connectivity index (χ1n) is 4.20. The number of thiophene rings is 1. The zero-order valence-electron chi connectivity index (χ0n) is 7.83. The Kier molecular flexibility index (Phi) is 4.03. The van der Waals surface area contributed by atoms with E-state index in [1.165, 1.54) is 18.4 Å². The Morgan fingerprint density at radius 2 is 2.50 bits per heavy atom. The van der Waals surface area contributed by atoms with Gasteiger partial charge in [0.15, 0.2) is 0 Å². The maximum absolute atomic E-state index is 13.4. The van der Waals surface area contributed by atoms with Crippen LogP contribution in [0.4, 0.5) is 4.39 Å². The quantitative estimate of drug-likeness (QED) is 0.783. The van der Waals surface area contributed by atoms with Crippen LogP contribution in [0.3, 0.4) is 0 Å². The second kappa shape index (κ2) is 5.07. The third-order valence-electron chi connectivity index (χ3n) is 1.82. The Labute approximate surface area is 85.7 Å². The molecule has 0 aliphatic rings. The maximum atomic E-state index is 13.4. The number of methoxy groups -OCH3 is 1. The molecule has 1 atom stereocenters. The molecule has 0 aromatic carbocycles. The second-order valence-corrected chi connectivity index (χ2v) is 3.66. The molecular formula is C9H12FNO2S. The normalized spacial score (nSPS) is 12.5. The van der Waals surface area contributed by atoms with Crippen molar-refractivity contribution in [2.24, 2.45) is 5.73 Å². The van der Waals surface area contributed by atoms with Gasteiger partial charge in [-0.05, 0) is 24.4 Å². The monoisotopic (exact) mass is 217 g/mol. The van der Waals surface area contributed by atoms with Crippen LogP contribution in [-0.2, 0) is 4.74 Å². The number of halogens is 1. The van der Waals surface area contributed by atoms with Gasteiger partial charge in [-0.2, -0.15) is 0 Å². The van der Waals surface area contributed by atoms with E-state index in [0.29, 0.717) is 10.4 Å². The van der Waals surface area contributed by atoms with Crippen LogP contribution in [0, 0.1) is 0 Å². The van der Waals surface area contributed by atoms with Gasteiger partial charge in [-0.1, -0.05) is 0 Å². The number of esters is 1. The van der Waals surface area contributed by atoms with Crippen molar-refractivity contribution in [3.63, 3.8) is 0 Å². The molecule has 1 aromatic heterocycles. The van der Waals surface area contributed by atoms with Crippen molar-refractivity contribution in [1.29, 1.82) is 0 Å². The predicted molar refractivity (Wildman–Crippen MR) is 53.2 cm³/mol. The van der Waals surface area contributed by atoms with Gasteiger partial charge in [0.1, 0.15) is 11.0 Å². The fourth-order valence-corrected chi connectivity index (χ4v) is 1.99. The highest BCUT2D eigenvalue weighted by Crippen LogP contribution is 2.28. The van der Waals surface area contributed by atoms with E-state index in [0.717, 1.165) is 0 Å². The van der Waals surface area contributed by atoms with E-state index < -0.39 is 12.1 Å². The summed E-state index contributed by atoms with van der Waals surface area (Å²) in [6, 6.07) is 1.59. The van der Waals surface area contributed by atoms with Crippen LogP contribution < -0.4 is 5.73 Å². The van der Waals surface area contributed by atoms with Gasteiger partial charge in [0.25, 0.3) is 0 Å². The summed E-state index contributed by atoms with van der Waals surface area (Å²) in [5.41, 5.74) is 5.62. The first kappa shape index (κ1) is 11.1. The number of rotatable bonds is 4. The third kappa shape index (κ3) is 2.30. The fraction of sp³-hybridized carbons (Fsp3) is 0.444. The Morgan fingerprint density at radius 3 is 3.07 bits per heavy atom.